The quantitative estimate of drug-likeness (QED) is 0.604. The highest BCUT2D eigenvalue weighted by Crippen LogP contribution is 2.33. The molecule has 1 atom stereocenters. The third kappa shape index (κ3) is 4.55. The number of benzene rings is 1. The molecule has 1 fully saturated rings. The van der Waals surface area contributed by atoms with Crippen LogP contribution in [0.1, 0.15) is 29.4 Å². The minimum absolute atomic E-state index is 0.00236. The van der Waals surface area contributed by atoms with Gasteiger partial charge in [0.25, 0.3) is 5.56 Å². The number of hydrogen-bond acceptors (Lipinski definition) is 7. The lowest BCUT2D eigenvalue weighted by atomic mass is 9.91. The van der Waals surface area contributed by atoms with Crippen LogP contribution in [0.4, 0.5) is 0 Å². The molecule has 3 aromatic rings. The maximum absolute atomic E-state index is 13.4. The van der Waals surface area contributed by atoms with E-state index in [1.54, 1.807) is 18.0 Å². The average Bonchev–Trinajstić information content (AvgIpc) is 2.83. The van der Waals surface area contributed by atoms with Crippen LogP contribution in [0.3, 0.4) is 0 Å². The van der Waals surface area contributed by atoms with Gasteiger partial charge in [-0.15, -0.1) is 0 Å². The summed E-state index contributed by atoms with van der Waals surface area (Å²) < 4.78 is 17.7. The van der Waals surface area contributed by atoms with Crippen molar-refractivity contribution in [2.45, 2.75) is 18.9 Å². The number of carbonyl (C=O) groups is 1. The molecule has 9 heteroatoms. The molecule has 2 aromatic heterocycles. The van der Waals surface area contributed by atoms with Crippen molar-refractivity contribution in [3.05, 3.63) is 74.1 Å². The van der Waals surface area contributed by atoms with Gasteiger partial charge in [0, 0.05) is 45.3 Å². The van der Waals surface area contributed by atoms with Gasteiger partial charge in [-0.05, 0) is 17.5 Å². The Bertz CT molecular complexity index is 1290. The summed E-state index contributed by atoms with van der Waals surface area (Å²) in [4.78, 5) is 40.6. The van der Waals surface area contributed by atoms with Crippen LogP contribution in [0.2, 0.25) is 0 Å². The van der Waals surface area contributed by atoms with E-state index in [0.717, 1.165) is 17.0 Å². The van der Waals surface area contributed by atoms with Gasteiger partial charge in [-0.25, -0.2) is 0 Å². The largest absolute Gasteiger partial charge is 0.502 e. The highest BCUT2D eigenvalue weighted by atomic mass is 16.5. The Balaban J connectivity index is 1.88. The van der Waals surface area contributed by atoms with Crippen LogP contribution >= 0.6 is 0 Å². The average molecular weight is 454 g/mol. The van der Waals surface area contributed by atoms with Crippen molar-refractivity contribution >= 4 is 16.8 Å². The number of rotatable bonds is 6. The van der Waals surface area contributed by atoms with E-state index < -0.39 is 17.1 Å². The number of morpholine rings is 1. The summed E-state index contributed by atoms with van der Waals surface area (Å²) in [5, 5.41) is 11.4. The standard InChI is InChI=1S/C24H26N2O7/c1-25-19-6-4-3-5-15(19)11-18(24(25)30)17(13-21(28)26-7-9-32-10-8-26)23-22(29)20(27)12-16(33-23)14-31-2/h3-6,11-12,17,29H,7-10,13-14H2,1-2H3/t17-/m0/s1. The first-order chi connectivity index (χ1) is 15.9. The van der Waals surface area contributed by atoms with Crippen LogP contribution in [-0.4, -0.2) is 53.9 Å². The topological polar surface area (TPSA) is 111 Å². The van der Waals surface area contributed by atoms with E-state index in [1.165, 1.54) is 11.7 Å². The second-order valence-corrected chi connectivity index (χ2v) is 8.00. The van der Waals surface area contributed by atoms with Crippen LogP contribution in [-0.2, 0) is 27.9 Å². The molecule has 1 aliphatic rings. The third-order valence-corrected chi connectivity index (χ3v) is 5.88. The van der Waals surface area contributed by atoms with Crippen molar-refractivity contribution in [2.75, 3.05) is 33.4 Å². The maximum atomic E-state index is 13.4. The van der Waals surface area contributed by atoms with Gasteiger partial charge >= 0.3 is 0 Å². The number of hydrogen-bond donors (Lipinski definition) is 1. The van der Waals surface area contributed by atoms with Gasteiger partial charge in [0.1, 0.15) is 12.4 Å². The van der Waals surface area contributed by atoms with Crippen molar-refractivity contribution in [3.8, 4) is 5.75 Å². The summed E-state index contributed by atoms with van der Waals surface area (Å²) in [6.07, 6.45) is -0.152. The van der Waals surface area contributed by atoms with Crippen molar-refractivity contribution in [1.29, 1.82) is 0 Å². The summed E-state index contributed by atoms with van der Waals surface area (Å²) in [6, 6.07) is 10.2. The molecular formula is C24H26N2O7. The number of para-hydroxylation sites is 1. The van der Waals surface area contributed by atoms with Crippen LogP contribution in [0, 0.1) is 0 Å². The normalized spacial score (nSPS) is 15.0. The molecule has 0 radical (unpaired) electrons. The highest BCUT2D eigenvalue weighted by molar-refractivity contribution is 5.81. The summed E-state index contributed by atoms with van der Waals surface area (Å²) in [6.45, 7) is 1.72. The first-order valence-electron chi connectivity index (χ1n) is 10.7. The second-order valence-electron chi connectivity index (χ2n) is 8.00. The Labute approximate surface area is 189 Å². The summed E-state index contributed by atoms with van der Waals surface area (Å²) in [5.74, 6) is -1.74. The van der Waals surface area contributed by atoms with Crippen LogP contribution in [0.25, 0.3) is 10.9 Å². The number of methoxy groups -OCH3 is 1. The predicted octanol–water partition coefficient (Wildman–Crippen LogP) is 1.72. The third-order valence-electron chi connectivity index (χ3n) is 5.88. The van der Waals surface area contributed by atoms with Crippen molar-refractivity contribution in [1.82, 2.24) is 9.47 Å². The van der Waals surface area contributed by atoms with E-state index in [0.29, 0.717) is 26.3 Å². The Morgan fingerprint density at radius 1 is 1.18 bits per heavy atom. The first-order valence-corrected chi connectivity index (χ1v) is 10.7. The number of nitrogens with zero attached hydrogens (tertiary/aromatic N) is 2. The number of ether oxygens (including phenoxy) is 2. The molecule has 4 rings (SSSR count). The van der Waals surface area contributed by atoms with E-state index in [4.69, 9.17) is 13.9 Å². The molecule has 174 valence electrons. The zero-order valence-corrected chi connectivity index (χ0v) is 18.6. The molecule has 0 unspecified atom stereocenters. The summed E-state index contributed by atoms with van der Waals surface area (Å²) in [7, 11) is 3.09. The number of amides is 1. The fourth-order valence-electron chi connectivity index (χ4n) is 4.16. The van der Waals surface area contributed by atoms with Crippen LogP contribution in [0.5, 0.6) is 5.75 Å². The van der Waals surface area contributed by atoms with E-state index in [2.05, 4.69) is 0 Å². The summed E-state index contributed by atoms with van der Waals surface area (Å²) >= 11 is 0. The highest BCUT2D eigenvalue weighted by Gasteiger charge is 2.31. The smallest absolute Gasteiger partial charge is 0.254 e. The molecule has 33 heavy (non-hydrogen) atoms. The fraction of sp³-hybridized carbons (Fsp3) is 0.375. The van der Waals surface area contributed by atoms with E-state index in [-0.39, 0.29) is 41.6 Å². The van der Waals surface area contributed by atoms with Gasteiger partial charge in [0.05, 0.1) is 24.6 Å². The van der Waals surface area contributed by atoms with Gasteiger partial charge in [-0.3, -0.25) is 14.4 Å². The molecule has 1 N–H and O–H groups in total. The molecule has 1 amide bonds. The predicted molar refractivity (Wildman–Crippen MR) is 120 cm³/mol. The molecule has 3 heterocycles. The van der Waals surface area contributed by atoms with E-state index in [9.17, 15) is 19.5 Å². The monoisotopic (exact) mass is 454 g/mol. The molecule has 9 nitrogen and oxygen atoms in total. The SMILES string of the molecule is COCc1cc(=O)c(O)c([C@@H](CC(=O)N2CCOCC2)c2cc3ccccc3n(C)c2=O)o1. The van der Waals surface area contributed by atoms with Gasteiger partial charge < -0.3 is 28.5 Å². The molecular weight excluding hydrogens is 428 g/mol. The minimum atomic E-state index is -0.965. The number of fused-ring (bicyclic) bond motifs is 1. The Morgan fingerprint density at radius 3 is 2.64 bits per heavy atom. The number of aromatic hydroxyl groups is 1. The molecule has 1 aromatic carbocycles. The molecule has 0 aliphatic carbocycles. The molecule has 0 spiro atoms. The Kier molecular flexibility index (Phi) is 6.62. The van der Waals surface area contributed by atoms with Crippen molar-refractivity contribution in [3.63, 3.8) is 0 Å². The molecule has 0 saturated carbocycles. The Hall–Kier alpha value is -3.43. The maximum Gasteiger partial charge on any atom is 0.254 e. The van der Waals surface area contributed by atoms with Crippen LogP contribution < -0.4 is 11.0 Å². The van der Waals surface area contributed by atoms with E-state index in [1.807, 2.05) is 24.3 Å². The lowest BCUT2D eigenvalue weighted by Gasteiger charge is -2.28. The van der Waals surface area contributed by atoms with Crippen molar-refractivity contribution in [2.24, 2.45) is 7.05 Å². The van der Waals surface area contributed by atoms with Gasteiger partial charge in [0.2, 0.25) is 17.1 Å². The Morgan fingerprint density at radius 2 is 1.91 bits per heavy atom. The minimum Gasteiger partial charge on any atom is -0.502 e. The molecule has 1 aliphatic heterocycles. The molecule has 0 bridgehead atoms. The zero-order valence-electron chi connectivity index (χ0n) is 18.6. The number of carbonyl (C=O) groups excluding carboxylic acids is 1. The lowest BCUT2D eigenvalue weighted by Crippen LogP contribution is -2.41. The summed E-state index contributed by atoms with van der Waals surface area (Å²) in [5.41, 5.74) is -0.0217. The van der Waals surface area contributed by atoms with Crippen LogP contribution in [0.15, 0.2) is 50.4 Å². The van der Waals surface area contributed by atoms with Gasteiger partial charge in [-0.1, -0.05) is 18.2 Å². The number of pyridine rings is 1. The first kappa shape index (κ1) is 22.8. The lowest BCUT2D eigenvalue weighted by molar-refractivity contribution is -0.135. The van der Waals surface area contributed by atoms with Gasteiger partial charge in [-0.2, -0.15) is 0 Å². The molecule has 1 saturated heterocycles. The fourth-order valence-corrected chi connectivity index (χ4v) is 4.16. The van der Waals surface area contributed by atoms with Gasteiger partial charge in [0.15, 0.2) is 5.76 Å². The number of aryl methyl sites for hydroxylation is 1. The zero-order chi connectivity index (χ0) is 23.5. The second kappa shape index (κ2) is 9.60. The van der Waals surface area contributed by atoms with Crippen molar-refractivity contribution < 1.29 is 23.8 Å². The van der Waals surface area contributed by atoms with E-state index >= 15 is 0 Å². The number of aromatic nitrogens is 1.